The van der Waals surface area contributed by atoms with Crippen LogP contribution in [0.15, 0.2) is 23.8 Å². The zero-order valence-corrected chi connectivity index (χ0v) is 9.64. The fourth-order valence-corrected chi connectivity index (χ4v) is 0.892. The first-order valence-electron chi connectivity index (χ1n) is 3.16. The summed E-state index contributed by atoms with van der Waals surface area (Å²) in [5.41, 5.74) is 1.56. The van der Waals surface area contributed by atoms with E-state index in [0.717, 1.165) is 5.92 Å². The fraction of sp³-hybridized carbons (Fsp3) is 0.500. The fourth-order valence-electron chi connectivity index (χ4n) is 0.892. The third kappa shape index (κ3) is 3.14. The van der Waals surface area contributed by atoms with Gasteiger partial charge in [-0.05, 0) is 12.3 Å². The second kappa shape index (κ2) is 4.86. The summed E-state index contributed by atoms with van der Waals surface area (Å²) in [6.45, 7) is 4.47. The van der Waals surface area contributed by atoms with Crippen LogP contribution in [0, 0.1) is 5.92 Å². The molecule has 0 aromatic rings. The van der Waals surface area contributed by atoms with Crippen LogP contribution in [-0.2, 0) is 0 Å². The van der Waals surface area contributed by atoms with Gasteiger partial charge in [-0.15, -0.1) is 0 Å². The SMILES string of the molecule is CC(C)C1=CC=CC1.[K]. The Morgan fingerprint density at radius 3 is 2.33 bits per heavy atom. The van der Waals surface area contributed by atoms with Crippen molar-refractivity contribution in [1.82, 2.24) is 0 Å². The molecule has 1 rings (SSSR count). The van der Waals surface area contributed by atoms with Crippen LogP contribution < -0.4 is 0 Å². The van der Waals surface area contributed by atoms with E-state index in [4.69, 9.17) is 0 Å². The molecule has 0 aromatic carbocycles. The van der Waals surface area contributed by atoms with E-state index in [2.05, 4.69) is 32.1 Å². The van der Waals surface area contributed by atoms with E-state index >= 15 is 0 Å². The molecule has 0 amide bonds. The number of hydrogen-bond acceptors (Lipinski definition) is 0. The summed E-state index contributed by atoms with van der Waals surface area (Å²) < 4.78 is 0. The van der Waals surface area contributed by atoms with Gasteiger partial charge in [0.25, 0.3) is 0 Å². The summed E-state index contributed by atoms with van der Waals surface area (Å²) in [4.78, 5) is 0. The van der Waals surface area contributed by atoms with Crippen LogP contribution in [0.2, 0.25) is 0 Å². The van der Waals surface area contributed by atoms with Crippen LogP contribution in [0.5, 0.6) is 0 Å². The average molecular weight is 147 g/mol. The molecule has 0 aromatic heterocycles. The Balaban J connectivity index is 0.000000640. The first kappa shape index (κ1) is 10.1. The van der Waals surface area contributed by atoms with Gasteiger partial charge < -0.3 is 0 Å². The molecule has 0 fully saturated rings. The van der Waals surface area contributed by atoms with Crippen molar-refractivity contribution < 1.29 is 0 Å². The molecule has 0 aliphatic heterocycles. The minimum absolute atomic E-state index is 0. The molecule has 1 aliphatic carbocycles. The maximum Gasteiger partial charge on any atom is 0 e. The second-order valence-electron chi connectivity index (χ2n) is 2.53. The van der Waals surface area contributed by atoms with Crippen LogP contribution in [-0.4, -0.2) is 51.4 Å². The van der Waals surface area contributed by atoms with Gasteiger partial charge >= 0.3 is 0 Å². The maximum atomic E-state index is 2.23. The van der Waals surface area contributed by atoms with Crippen molar-refractivity contribution in [3.63, 3.8) is 0 Å². The van der Waals surface area contributed by atoms with E-state index in [1.807, 2.05) is 0 Å². The molecule has 0 saturated carbocycles. The second-order valence-corrected chi connectivity index (χ2v) is 2.53. The van der Waals surface area contributed by atoms with Gasteiger partial charge in [0, 0.05) is 51.4 Å². The van der Waals surface area contributed by atoms with Gasteiger partial charge in [-0.25, -0.2) is 0 Å². The quantitative estimate of drug-likeness (QED) is 0.499. The predicted octanol–water partition coefficient (Wildman–Crippen LogP) is 2.15. The van der Waals surface area contributed by atoms with E-state index in [-0.39, 0.29) is 51.4 Å². The van der Waals surface area contributed by atoms with Crippen molar-refractivity contribution in [1.29, 1.82) is 0 Å². The minimum Gasteiger partial charge on any atom is -0.0805 e. The van der Waals surface area contributed by atoms with Gasteiger partial charge in [0.15, 0.2) is 0 Å². The van der Waals surface area contributed by atoms with Gasteiger partial charge in [0.1, 0.15) is 0 Å². The zero-order chi connectivity index (χ0) is 5.98. The first-order chi connectivity index (χ1) is 3.80. The molecule has 0 bridgehead atoms. The minimum atomic E-state index is 0. The summed E-state index contributed by atoms with van der Waals surface area (Å²) >= 11 is 0. The maximum absolute atomic E-state index is 2.23. The van der Waals surface area contributed by atoms with Crippen LogP contribution in [0.25, 0.3) is 0 Å². The molecule has 1 radical (unpaired) electrons. The largest absolute Gasteiger partial charge is 0.0805 e. The summed E-state index contributed by atoms with van der Waals surface area (Å²) in [5, 5.41) is 0. The molecule has 45 valence electrons. The monoisotopic (exact) mass is 147 g/mol. The topological polar surface area (TPSA) is 0 Å². The zero-order valence-electron chi connectivity index (χ0n) is 6.52. The molecule has 0 saturated heterocycles. The summed E-state index contributed by atoms with van der Waals surface area (Å²) in [6.07, 6.45) is 7.73. The molecular formula is C8H12K. The van der Waals surface area contributed by atoms with Gasteiger partial charge in [-0.3, -0.25) is 0 Å². The molecule has 0 N–H and O–H groups in total. The van der Waals surface area contributed by atoms with E-state index in [1.165, 1.54) is 6.42 Å². The van der Waals surface area contributed by atoms with E-state index in [1.54, 1.807) is 5.57 Å². The Morgan fingerprint density at radius 2 is 2.11 bits per heavy atom. The average Bonchev–Trinajstić information content (AvgIpc) is 2.12. The molecule has 0 heterocycles. The normalized spacial score (nSPS) is 15.7. The Labute approximate surface area is 99.8 Å². The molecule has 1 heteroatoms. The number of rotatable bonds is 1. The molecule has 0 atom stereocenters. The van der Waals surface area contributed by atoms with Gasteiger partial charge in [-0.2, -0.15) is 0 Å². The first-order valence-corrected chi connectivity index (χ1v) is 3.16. The van der Waals surface area contributed by atoms with Crippen molar-refractivity contribution in [3.8, 4) is 0 Å². The number of allylic oxidation sites excluding steroid dienone is 4. The smallest absolute Gasteiger partial charge is 0 e. The van der Waals surface area contributed by atoms with Crippen LogP contribution in [0.1, 0.15) is 20.3 Å². The Bertz CT molecular complexity index is 132. The van der Waals surface area contributed by atoms with Crippen LogP contribution in [0.3, 0.4) is 0 Å². The molecule has 0 unspecified atom stereocenters. The summed E-state index contributed by atoms with van der Waals surface area (Å²) in [5.74, 6) is 0.741. The molecule has 9 heavy (non-hydrogen) atoms. The van der Waals surface area contributed by atoms with Crippen LogP contribution >= 0.6 is 0 Å². The van der Waals surface area contributed by atoms with Crippen molar-refractivity contribution in [2.75, 3.05) is 0 Å². The summed E-state index contributed by atoms with van der Waals surface area (Å²) in [7, 11) is 0. The van der Waals surface area contributed by atoms with Gasteiger partial charge in [0.05, 0.1) is 0 Å². The van der Waals surface area contributed by atoms with E-state index < -0.39 is 0 Å². The van der Waals surface area contributed by atoms with Crippen molar-refractivity contribution in [3.05, 3.63) is 23.8 Å². The Morgan fingerprint density at radius 1 is 1.44 bits per heavy atom. The Kier molecular flexibility index (Phi) is 5.46. The molecule has 1 aliphatic rings. The number of hydrogen-bond donors (Lipinski definition) is 0. The molecule has 0 spiro atoms. The predicted molar refractivity (Wildman–Crippen MR) is 42.4 cm³/mol. The third-order valence-corrected chi connectivity index (χ3v) is 1.54. The van der Waals surface area contributed by atoms with Crippen molar-refractivity contribution in [2.45, 2.75) is 20.3 Å². The standard InChI is InChI=1S/C8H12.K/c1-7(2)8-5-3-4-6-8;/h3-5,7H,6H2,1-2H3;. The molecular weight excluding hydrogens is 135 g/mol. The van der Waals surface area contributed by atoms with Crippen LogP contribution in [0.4, 0.5) is 0 Å². The van der Waals surface area contributed by atoms with E-state index in [9.17, 15) is 0 Å². The summed E-state index contributed by atoms with van der Waals surface area (Å²) in [6, 6.07) is 0. The van der Waals surface area contributed by atoms with E-state index in [0.29, 0.717) is 0 Å². The third-order valence-electron chi connectivity index (χ3n) is 1.54. The van der Waals surface area contributed by atoms with Gasteiger partial charge in [0.2, 0.25) is 0 Å². The van der Waals surface area contributed by atoms with Crippen molar-refractivity contribution >= 4 is 51.4 Å². The Hall–Kier alpha value is 1.12. The van der Waals surface area contributed by atoms with Gasteiger partial charge in [-0.1, -0.05) is 37.6 Å². The molecule has 0 nitrogen and oxygen atoms in total. The van der Waals surface area contributed by atoms with Crippen molar-refractivity contribution in [2.24, 2.45) is 5.92 Å².